The molecular formula is C12H18N4S. The van der Waals surface area contributed by atoms with Crippen LogP contribution < -0.4 is 5.73 Å². The van der Waals surface area contributed by atoms with Gasteiger partial charge in [0.15, 0.2) is 5.82 Å². The molecule has 0 amide bonds. The topological polar surface area (TPSA) is 67.6 Å². The summed E-state index contributed by atoms with van der Waals surface area (Å²) in [6.45, 7) is 4.88. The number of hydrogen-bond acceptors (Lipinski definition) is 4. The van der Waals surface area contributed by atoms with Crippen molar-refractivity contribution in [1.29, 1.82) is 0 Å². The number of nitrogens with two attached hydrogens (primary N) is 1. The molecule has 0 aliphatic heterocycles. The number of nitrogens with zero attached hydrogens (tertiary/aromatic N) is 2. The van der Waals surface area contributed by atoms with Crippen LogP contribution in [0.5, 0.6) is 0 Å². The summed E-state index contributed by atoms with van der Waals surface area (Å²) >= 11 is 1.65. The first-order valence-corrected chi connectivity index (χ1v) is 6.80. The summed E-state index contributed by atoms with van der Waals surface area (Å²) in [5.74, 6) is 1.68. The van der Waals surface area contributed by atoms with Crippen molar-refractivity contribution in [3.05, 3.63) is 23.3 Å². The number of hydrogen-bond donors (Lipinski definition) is 2. The van der Waals surface area contributed by atoms with E-state index in [4.69, 9.17) is 5.73 Å². The molecule has 2 rings (SSSR count). The largest absolute Gasteiger partial charge is 0.329 e. The zero-order valence-electron chi connectivity index (χ0n) is 10.2. The average Bonchev–Trinajstić information content (AvgIpc) is 3.03. The highest BCUT2D eigenvalue weighted by atomic mass is 32.1. The molecule has 0 unspecified atom stereocenters. The first-order valence-electron chi connectivity index (χ1n) is 5.92. The van der Waals surface area contributed by atoms with Gasteiger partial charge >= 0.3 is 0 Å². The zero-order valence-corrected chi connectivity index (χ0v) is 11.0. The Hall–Kier alpha value is -1.20. The molecule has 0 saturated heterocycles. The lowest BCUT2D eigenvalue weighted by Gasteiger charge is -2.26. The average molecular weight is 250 g/mol. The smallest absolute Gasteiger partial charge is 0.191 e. The van der Waals surface area contributed by atoms with Crippen LogP contribution >= 0.6 is 11.3 Å². The molecule has 0 atom stereocenters. The van der Waals surface area contributed by atoms with Crippen LogP contribution in [0.1, 0.15) is 32.5 Å². The van der Waals surface area contributed by atoms with Gasteiger partial charge in [0.2, 0.25) is 0 Å². The Labute approximate surface area is 105 Å². The van der Waals surface area contributed by atoms with Crippen molar-refractivity contribution in [2.24, 2.45) is 5.73 Å². The molecule has 0 spiro atoms. The van der Waals surface area contributed by atoms with Gasteiger partial charge in [-0.05, 0) is 24.3 Å². The van der Waals surface area contributed by atoms with Crippen LogP contribution in [-0.2, 0) is 5.41 Å². The van der Waals surface area contributed by atoms with Gasteiger partial charge in [0.25, 0.3) is 0 Å². The van der Waals surface area contributed by atoms with E-state index in [0.29, 0.717) is 6.54 Å². The zero-order chi connectivity index (χ0) is 12.3. The van der Waals surface area contributed by atoms with Crippen molar-refractivity contribution in [3.8, 4) is 10.7 Å². The van der Waals surface area contributed by atoms with Gasteiger partial charge in [0.05, 0.1) is 4.88 Å². The van der Waals surface area contributed by atoms with Gasteiger partial charge in [-0.1, -0.05) is 19.9 Å². The van der Waals surface area contributed by atoms with Crippen molar-refractivity contribution >= 4 is 11.3 Å². The second-order valence-electron chi connectivity index (χ2n) is 4.18. The van der Waals surface area contributed by atoms with E-state index in [9.17, 15) is 0 Å². The van der Waals surface area contributed by atoms with E-state index in [1.807, 2.05) is 17.5 Å². The van der Waals surface area contributed by atoms with Crippen LogP contribution in [0.2, 0.25) is 0 Å². The summed E-state index contributed by atoms with van der Waals surface area (Å²) in [6.07, 6.45) is 1.94. The third kappa shape index (κ3) is 2.12. The monoisotopic (exact) mass is 250 g/mol. The second kappa shape index (κ2) is 4.98. The minimum atomic E-state index is -0.0670. The molecule has 2 aromatic rings. The molecule has 0 aromatic carbocycles. The Kier molecular flexibility index (Phi) is 3.59. The molecule has 0 saturated carbocycles. The molecule has 0 fully saturated rings. The van der Waals surface area contributed by atoms with E-state index in [1.54, 1.807) is 11.3 Å². The highest BCUT2D eigenvalue weighted by Crippen LogP contribution is 2.29. The van der Waals surface area contributed by atoms with Crippen molar-refractivity contribution < 1.29 is 0 Å². The van der Waals surface area contributed by atoms with Crippen molar-refractivity contribution in [2.75, 3.05) is 6.54 Å². The van der Waals surface area contributed by atoms with Crippen LogP contribution in [0.15, 0.2) is 17.5 Å². The minimum Gasteiger partial charge on any atom is -0.329 e. The SMILES string of the molecule is CCC(CC)(CN)c1nc(-c2cccs2)n[nH]1. The number of aromatic amines is 1. The maximum Gasteiger partial charge on any atom is 0.191 e. The van der Waals surface area contributed by atoms with Gasteiger partial charge in [-0.25, -0.2) is 4.98 Å². The van der Waals surface area contributed by atoms with Gasteiger partial charge in [0, 0.05) is 12.0 Å². The molecule has 0 aliphatic carbocycles. The van der Waals surface area contributed by atoms with E-state index >= 15 is 0 Å². The third-order valence-electron chi connectivity index (χ3n) is 3.47. The Bertz CT molecular complexity index is 448. The molecule has 2 aromatic heterocycles. The van der Waals surface area contributed by atoms with E-state index < -0.39 is 0 Å². The number of rotatable bonds is 5. The van der Waals surface area contributed by atoms with E-state index in [1.165, 1.54) is 0 Å². The minimum absolute atomic E-state index is 0.0670. The Morgan fingerprint density at radius 1 is 1.41 bits per heavy atom. The third-order valence-corrected chi connectivity index (χ3v) is 4.34. The molecule has 3 N–H and O–H groups in total. The van der Waals surface area contributed by atoms with Gasteiger partial charge in [-0.15, -0.1) is 11.3 Å². The van der Waals surface area contributed by atoms with E-state index in [-0.39, 0.29) is 5.41 Å². The number of nitrogens with one attached hydrogen (secondary N) is 1. The molecule has 92 valence electrons. The molecule has 0 radical (unpaired) electrons. The summed E-state index contributed by atoms with van der Waals surface area (Å²) in [4.78, 5) is 5.69. The highest BCUT2D eigenvalue weighted by molar-refractivity contribution is 7.13. The molecular weight excluding hydrogens is 232 g/mol. The molecule has 2 heterocycles. The fraction of sp³-hybridized carbons (Fsp3) is 0.500. The van der Waals surface area contributed by atoms with Crippen LogP contribution in [0.25, 0.3) is 10.7 Å². The fourth-order valence-electron chi connectivity index (χ4n) is 1.99. The van der Waals surface area contributed by atoms with Gasteiger partial charge < -0.3 is 5.73 Å². The lowest BCUT2D eigenvalue weighted by Crippen LogP contribution is -2.35. The van der Waals surface area contributed by atoms with E-state index in [0.717, 1.165) is 29.4 Å². The molecule has 4 nitrogen and oxygen atoms in total. The van der Waals surface area contributed by atoms with E-state index in [2.05, 4.69) is 29.0 Å². The maximum absolute atomic E-state index is 5.90. The number of H-pyrrole nitrogens is 1. The van der Waals surface area contributed by atoms with Gasteiger partial charge in [-0.3, -0.25) is 5.10 Å². The molecule has 17 heavy (non-hydrogen) atoms. The standard InChI is InChI=1S/C12H18N4S/c1-3-12(4-2,8-13)11-14-10(15-16-11)9-6-5-7-17-9/h5-7H,3-4,8,13H2,1-2H3,(H,14,15,16). The van der Waals surface area contributed by atoms with Crippen molar-refractivity contribution in [3.63, 3.8) is 0 Å². The molecule has 0 aliphatic rings. The number of aromatic nitrogens is 3. The molecule has 5 heteroatoms. The Balaban J connectivity index is 2.35. The van der Waals surface area contributed by atoms with Crippen LogP contribution in [0, 0.1) is 0 Å². The predicted octanol–water partition coefficient (Wildman–Crippen LogP) is 2.55. The lowest BCUT2D eigenvalue weighted by atomic mass is 9.82. The van der Waals surface area contributed by atoms with Gasteiger partial charge in [0.1, 0.15) is 5.82 Å². The van der Waals surface area contributed by atoms with Gasteiger partial charge in [-0.2, -0.15) is 5.10 Å². The van der Waals surface area contributed by atoms with Crippen LogP contribution in [0.4, 0.5) is 0 Å². The Morgan fingerprint density at radius 2 is 2.18 bits per heavy atom. The summed E-state index contributed by atoms with van der Waals surface area (Å²) in [7, 11) is 0. The highest BCUT2D eigenvalue weighted by Gasteiger charge is 2.30. The first kappa shape index (κ1) is 12.3. The normalized spacial score (nSPS) is 11.9. The quantitative estimate of drug-likeness (QED) is 0.857. The molecule has 0 bridgehead atoms. The Morgan fingerprint density at radius 3 is 2.71 bits per heavy atom. The summed E-state index contributed by atoms with van der Waals surface area (Å²) in [5, 5.41) is 9.37. The second-order valence-corrected chi connectivity index (χ2v) is 5.12. The fourth-order valence-corrected chi connectivity index (χ4v) is 2.64. The number of thiophene rings is 1. The van der Waals surface area contributed by atoms with Crippen molar-refractivity contribution in [2.45, 2.75) is 32.1 Å². The maximum atomic E-state index is 5.90. The summed E-state index contributed by atoms with van der Waals surface area (Å²) in [6, 6.07) is 4.03. The lowest BCUT2D eigenvalue weighted by molar-refractivity contribution is 0.384. The van der Waals surface area contributed by atoms with Crippen LogP contribution in [0.3, 0.4) is 0 Å². The van der Waals surface area contributed by atoms with Crippen LogP contribution in [-0.4, -0.2) is 21.7 Å². The first-order chi connectivity index (χ1) is 8.25. The summed E-state index contributed by atoms with van der Waals surface area (Å²) < 4.78 is 0. The predicted molar refractivity (Wildman–Crippen MR) is 71.0 cm³/mol. The summed E-state index contributed by atoms with van der Waals surface area (Å²) in [5.41, 5.74) is 5.84. The van der Waals surface area contributed by atoms with Crippen molar-refractivity contribution in [1.82, 2.24) is 15.2 Å².